The molecule has 1 N–H and O–H groups in total. The zero-order valence-corrected chi connectivity index (χ0v) is 18.7. The van der Waals surface area contributed by atoms with Crippen LogP contribution in [0, 0.1) is 6.92 Å². The van der Waals surface area contributed by atoms with Gasteiger partial charge in [0.05, 0.1) is 22.9 Å². The van der Waals surface area contributed by atoms with Crippen LogP contribution in [0.1, 0.15) is 51.6 Å². The molecule has 3 heterocycles. The van der Waals surface area contributed by atoms with E-state index in [2.05, 4.69) is 10.4 Å². The lowest BCUT2D eigenvalue weighted by Gasteiger charge is -2.28. The summed E-state index contributed by atoms with van der Waals surface area (Å²) in [7, 11) is -1.40. The molecule has 0 unspecified atom stereocenters. The van der Waals surface area contributed by atoms with Gasteiger partial charge in [0.25, 0.3) is 5.91 Å². The highest BCUT2D eigenvalue weighted by atomic mass is 32.2. The molecule has 31 heavy (non-hydrogen) atoms. The number of hydrogen-bond acceptors (Lipinski definition) is 5. The Morgan fingerprint density at radius 3 is 2.74 bits per heavy atom. The summed E-state index contributed by atoms with van der Waals surface area (Å²) in [6.07, 6.45) is 3.98. The van der Waals surface area contributed by atoms with Crippen molar-refractivity contribution in [2.24, 2.45) is 7.05 Å². The van der Waals surface area contributed by atoms with Gasteiger partial charge < -0.3 is 5.32 Å². The van der Waals surface area contributed by atoms with Gasteiger partial charge in [-0.3, -0.25) is 9.48 Å². The number of sulfonamides is 1. The number of anilines is 1. The molecule has 3 aromatic rings. The maximum atomic E-state index is 13.4. The molecule has 1 saturated carbocycles. The lowest BCUT2D eigenvalue weighted by Crippen LogP contribution is -2.35. The SMILES string of the molecule is Cc1nn(C)c2nc(C3CC3)cc(C(=O)Nc3cccc4c3CCN(S(C)(=O)=O)C4)c12. The van der Waals surface area contributed by atoms with E-state index >= 15 is 0 Å². The van der Waals surface area contributed by atoms with E-state index in [4.69, 9.17) is 4.98 Å². The topological polar surface area (TPSA) is 97.2 Å². The van der Waals surface area contributed by atoms with Gasteiger partial charge in [0.2, 0.25) is 10.0 Å². The first-order valence-corrected chi connectivity index (χ1v) is 12.3. The molecule has 1 fully saturated rings. The monoisotopic (exact) mass is 439 g/mol. The number of aromatic nitrogens is 3. The summed E-state index contributed by atoms with van der Waals surface area (Å²) in [6.45, 7) is 2.62. The number of rotatable bonds is 4. The molecule has 0 radical (unpaired) electrons. The Bertz CT molecular complexity index is 1320. The molecule has 2 aromatic heterocycles. The number of fused-ring (bicyclic) bond motifs is 2. The quantitative estimate of drug-likeness (QED) is 0.674. The van der Waals surface area contributed by atoms with E-state index in [0.29, 0.717) is 31.0 Å². The third-order valence-corrected chi connectivity index (χ3v) is 7.43. The van der Waals surface area contributed by atoms with Gasteiger partial charge in [0.1, 0.15) is 0 Å². The van der Waals surface area contributed by atoms with Crippen LogP contribution in [0.3, 0.4) is 0 Å². The van der Waals surface area contributed by atoms with Crippen LogP contribution in [0.5, 0.6) is 0 Å². The van der Waals surface area contributed by atoms with Crippen molar-refractivity contribution in [3.05, 3.63) is 52.3 Å². The van der Waals surface area contributed by atoms with Crippen molar-refractivity contribution in [3.8, 4) is 0 Å². The summed E-state index contributed by atoms with van der Waals surface area (Å²) >= 11 is 0. The minimum absolute atomic E-state index is 0.190. The highest BCUT2D eigenvalue weighted by Gasteiger charge is 2.29. The summed E-state index contributed by atoms with van der Waals surface area (Å²) in [5.74, 6) is 0.224. The van der Waals surface area contributed by atoms with Crippen molar-refractivity contribution in [1.82, 2.24) is 19.1 Å². The van der Waals surface area contributed by atoms with Crippen LogP contribution in [0.25, 0.3) is 11.0 Å². The Balaban J connectivity index is 1.52. The Labute approximate surface area is 181 Å². The molecular formula is C22H25N5O3S. The first kappa shape index (κ1) is 20.1. The molecule has 1 amide bonds. The highest BCUT2D eigenvalue weighted by molar-refractivity contribution is 7.88. The summed E-state index contributed by atoms with van der Waals surface area (Å²) < 4.78 is 27.1. The highest BCUT2D eigenvalue weighted by Crippen LogP contribution is 2.40. The Morgan fingerprint density at radius 2 is 2.03 bits per heavy atom. The van der Waals surface area contributed by atoms with Crippen LogP contribution >= 0.6 is 0 Å². The van der Waals surface area contributed by atoms with E-state index in [-0.39, 0.29) is 5.91 Å². The van der Waals surface area contributed by atoms with Crippen molar-refractivity contribution in [3.63, 3.8) is 0 Å². The average Bonchev–Trinajstić information content (AvgIpc) is 3.53. The van der Waals surface area contributed by atoms with Gasteiger partial charge in [-0.1, -0.05) is 12.1 Å². The van der Waals surface area contributed by atoms with Crippen LogP contribution in [0.4, 0.5) is 5.69 Å². The third-order valence-electron chi connectivity index (χ3n) is 6.18. The fourth-order valence-corrected chi connectivity index (χ4v) is 5.20. The molecule has 1 aliphatic heterocycles. The fourth-order valence-electron chi connectivity index (χ4n) is 4.40. The fraction of sp³-hybridized carbons (Fsp3) is 0.409. The first-order chi connectivity index (χ1) is 14.7. The minimum Gasteiger partial charge on any atom is -0.322 e. The molecule has 5 rings (SSSR count). The van der Waals surface area contributed by atoms with E-state index in [1.807, 2.05) is 38.2 Å². The van der Waals surface area contributed by atoms with Crippen molar-refractivity contribution in [2.45, 2.75) is 38.6 Å². The largest absolute Gasteiger partial charge is 0.322 e. The molecule has 1 aromatic carbocycles. The molecule has 0 saturated heterocycles. The van der Waals surface area contributed by atoms with E-state index in [1.165, 1.54) is 10.6 Å². The minimum atomic E-state index is -3.25. The first-order valence-electron chi connectivity index (χ1n) is 10.4. The number of amides is 1. The van der Waals surface area contributed by atoms with Gasteiger partial charge in [-0.15, -0.1) is 0 Å². The molecule has 2 aliphatic rings. The third kappa shape index (κ3) is 3.61. The number of pyridine rings is 1. The summed E-state index contributed by atoms with van der Waals surface area (Å²) in [5, 5.41) is 8.33. The molecule has 9 heteroatoms. The molecular weight excluding hydrogens is 414 g/mol. The zero-order chi connectivity index (χ0) is 21.9. The second-order valence-electron chi connectivity index (χ2n) is 8.52. The predicted octanol–water partition coefficient (Wildman–Crippen LogP) is 2.72. The maximum Gasteiger partial charge on any atom is 0.256 e. The number of carbonyl (C=O) groups excluding carboxylic acids is 1. The number of aryl methyl sites for hydroxylation is 2. The van der Waals surface area contributed by atoms with Gasteiger partial charge in [-0.2, -0.15) is 9.40 Å². The number of carbonyl (C=O) groups is 1. The van der Waals surface area contributed by atoms with Crippen molar-refractivity contribution in [2.75, 3.05) is 18.1 Å². The number of benzene rings is 1. The van der Waals surface area contributed by atoms with Crippen LogP contribution < -0.4 is 5.32 Å². The van der Waals surface area contributed by atoms with E-state index < -0.39 is 10.0 Å². The second kappa shape index (κ2) is 7.13. The Kier molecular flexibility index (Phi) is 4.63. The van der Waals surface area contributed by atoms with E-state index in [0.717, 1.165) is 52.1 Å². The molecule has 0 spiro atoms. The lowest BCUT2D eigenvalue weighted by molar-refractivity contribution is 0.102. The zero-order valence-electron chi connectivity index (χ0n) is 17.8. The van der Waals surface area contributed by atoms with E-state index in [1.54, 1.807) is 4.68 Å². The predicted molar refractivity (Wildman–Crippen MR) is 119 cm³/mol. The lowest BCUT2D eigenvalue weighted by atomic mass is 9.98. The summed E-state index contributed by atoms with van der Waals surface area (Å²) in [5.41, 5.74) is 5.68. The Morgan fingerprint density at radius 1 is 1.26 bits per heavy atom. The van der Waals surface area contributed by atoms with Crippen molar-refractivity contribution < 1.29 is 13.2 Å². The number of nitrogens with zero attached hydrogens (tertiary/aromatic N) is 4. The standard InChI is InChI=1S/C22H25N5O3S/c1-13-20-17(11-19(14-7-8-14)23-21(20)26(2)25-13)22(28)24-18-6-4-5-15-12-27(31(3,29)30)10-9-16(15)18/h4-6,11,14H,7-10,12H2,1-3H3,(H,24,28). The number of nitrogens with one attached hydrogen (secondary N) is 1. The summed E-state index contributed by atoms with van der Waals surface area (Å²) in [4.78, 5) is 18.2. The van der Waals surface area contributed by atoms with Gasteiger partial charge in [0, 0.05) is 37.4 Å². The van der Waals surface area contributed by atoms with Crippen LogP contribution in [0.15, 0.2) is 24.3 Å². The van der Waals surface area contributed by atoms with Crippen molar-refractivity contribution in [1.29, 1.82) is 0 Å². The second-order valence-corrected chi connectivity index (χ2v) is 10.5. The van der Waals surface area contributed by atoms with Crippen LogP contribution in [-0.2, 0) is 30.0 Å². The molecule has 0 atom stereocenters. The smallest absolute Gasteiger partial charge is 0.256 e. The van der Waals surface area contributed by atoms with Gasteiger partial charge in [-0.05, 0) is 49.4 Å². The molecule has 1 aliphatic carbocycles. The van der Waals surface area contributed by atoms with Crippen LogP contribution in [-0.4, -0.2) is 46.2 Å². The number of hydrogen-bond donors (Lipinski definition) is 1. The van der Waals surface area contributed by atoms with Gasteiger partial charge in [-0.25, -0.2) is 13.4 Å². The molecule has 8 nitrogen and oxygen atoms in total. The molecule has 0 bridgehead atoms. The van der Waals surface area contributed by atoms with Crippen molar-refractivity contribution >= 4 is 32.7 Å². The molecule has 162 valence electrons. The normalized spacial score (nSPS) is 17.0. The van der Waals surface area contributed by atoms with E-state index in [9.17, 15) is 13.2 Å². The van der Waals surface area contributed by atoms with Crippen LogP contribution in [0.2, 0.25) is 0 Å². The summed E-state index contributed by atoms with van der Waals surface area (Å²) in [6, 6.07) is 7.56. The average molecular weight is 440 g/mol. The maximum absolute atomic E-state index is 13.4. The van der Waals surface area contributed by atoms with Gasteiger partial charge >= 0.3 is 0 Å². The Hall–Kier alpha value is -2.78. The van der Waals surface area contributed by atoms with Gasteiger partial charge in [0.15, 0.2) is 5.65 Å².